The maximum atomic E-state index is 14.2. The van der Waals surface area contributed by atoms with Crippen molar-refractivity contribution in [2.45, 2.75) is 44.9 Å². The molecule has 8 nitrogen and oxygen atoms in total. The van der Waals surface area contributed by atoms with E-state index in [9.17, 15) is 23.9 Å². The summed E-state index contributed by atoms with van der Waals surface area (Å²) in [7, 11) is 0. The van der Waals surface area contributed by atoms with E-state index >= 15 is 0 Å². The Morgan fingerprint density at radius 3 is 2.76 bits per heavy atom. The number of rotatable bonds is 7. The molecule has 178 valence electrons. The van der Waals surface area contributed by atoms with E-state index in [0.717, 1.165) is 0 Å². The highest BCUT2D eigenvalue weighted by molar-refractivity contribution is 6.30. The Morgan fingerprint density at radius 2 is 2.03 bits per heavy atom. The SMILES string of the molecule is CC(=O)c1cn(CC(=O)N2C(CO)CCC2C(=O)NCc2cccc(Cl)c2F)c2ncccc12. The predicted octanol–water partition coefficient (Wildman–Crippen LogP) is 2.70. The lowest BCUT2D eigenvalue weighted by molar-refractivity contribution is -0.141. The van der Waals surface area contributed by atoms with Gasteiger partial charge < -0.3 is 19.9 Å². The van der Waals surface area contributed by atoms with Crippen molar-refractivity contribution in [1.82, 2.24) is 19.8 Å². The number of Topliss-reactive ketones (excluding diaryl/α,β-unsaturated/α-hetero) is 1. The lowest BCUT2D eigenvalue weighted by atomic mass is 10.1. The number of amides is 2. The molecule has 1 fully saturated rings. The minimum Gasteiger partial charge on any atom is -0.394 e. The van der Waals surface area contributed by atoms with Gasteiger partial charge in [0.05, 0.1) is 17.7 Å². The van der Waals surface area contributed by atoms with E-state index in [0.29, 0.717) is 29.4 Å². The number of aliphatic hydroxyl groups is 1. The van der Waals surface area contributed by atoms with Crippen LogP contribution in [0.3, 0.4) is 0 Å². The number of aliphatic hydroxyl groups excluding tert-OH is 1. The van der Waals surface area contributed by atoms with E-state index in [2.05, 4.69) is 10.3 Å². The highest BCUT2D eigenvalue weighted by Gasteiger charge is 2.40. The van der Waals surface area contributed by atoms with Gasteiger partial charge in [0, 0.05) is 35.5 Å². The number of hydrogen-bond acceptors (Lipinski definition) is 5. The Hall–Kier alpha value is -3.30. The van der Waals surface area contributed by atoms with Gasteiger partial charge in [-0.2, -0.15) is 0 Å². The zero-order chi connectivity index (χ0) is 24.4. The Morgan fingerprint density at radius 1 is 1.24 bits per heavy atom. The number of carbonyl (C=O) groups is 3. The van der Waals surface area contributed by atoms with Crippen LogP contribution in [0.1, 0.15) is 35.7 Å². The van der Waals surface area contributed by atoms with Gasteiger partial charge in [0.2, 0.25) is 11.8 Å². The second-order valence-electron chi connectivity index (χ2n) is 8.26. The summed E-state index contributed by atoms with van der Waals surface area (Å²) in [5, 5.41) is 13.1. The summed E-state index contributed by atoms with van der Waals surface area (Å²) >= 11 is 5.80. The number of ketones is 1. The molecule has 10 heteroatoms. The van der Waals surface area contributed by atoms with Crippen molar-refractivity contribution in [3.8, 4) is 0 Å². The van der Waals surface area contributed by atoms with E-state index in [1.807, 2.05) is 0 Å². The first-order valence-corrected chi connectivity index (χ1v) is 11.3. The van der Waals surface area contributed by atoms with Crippen LogP contribution in [0.5, 0.6) is 0 Å². The smallest absolute Gasteiger partial charge is 0.243 e. The van der Waals surface area contributed by atoms with Crippen LogP contribution in [-0.4, -0.2) is 55.8 Å². The summed E-state index contributed by atoms with van der Waals surface area (Å²) in [6, 6.07) is 6.67. The molecular weight excluding hydrogens is 463 g/mol. The van der Waals surface area contributed by atoms with Gasteiger partial charge >= 0.3 is 0 Å². The van der Waals surface area contributed by atoms with Crippen LogP contribution in [0, 0.1) is 5.82 Å². The molecule has 1 saturated heterocycles. The number of nitrogens with zero attached hydrogens (tertiary/aromatic N) is 3. The molecule has 2 aromatic heterocycles. The third-order valence-corrected chi connectivity index (χ3v) is 6.40. The van der Waals surface area contributed by atoms with E-state index < -0.39 is 23.8 Å². The number of pyridine rings is 1. The third-order valence-electron chi connectivity index (χ3n) is 6.11. The fourth-order valence-electron chi connectivity index (χ4n) is 4.43. The van der Waals surface area contributed by atoms with Gasteiger partial charge in [0.25, 0.3) is 0 Å². The summed E-state index contributed by atoms with van der Waals surface area (Å²) in [5.74, 6) is -1.58. The molecule has 1 aliphatic rings. The highest BCUT2D eigenvalue weighted by Crippen LogP contribution is 2.27. The monoisotopic (exact) mass is 486 g/mol. The molecule has 2 atom stereocenters. The third kappa shape index (κ3) is 4.53. The summed E-state index contributed by atoms with van der Waals surface area (Å²) in [4.78, 5) is 44.0. The van der Waals surface area contributed by atoms with Gasteiger partial charge in [0.1, 0.15) is 24.1 Å². The first kappa shape index (κ1) is 23.8. The summed E-state index contributed by atoms with van der Waals surface area (Å²) in [5.41, 5.74) is 1.17. The van der Waals surface area contributed by atoms with Crippen molar-refractivity contribution < 1.29 is 23.9 Å². The zero-order valence-electron chi connectivity index (χ0n) is 18.5. The predicted molar refractivity (Wildman–Crippen MR) is 124 cm³/mol. The largest absolute Gasteiger partial charge is 0.394 e. The maximum Gasteiger partial charge on any atom is 0.243 e. The zero-order valence-corrected chi connectivity index (χ0v) is 19.3. The van der Waals surface area contributed by atoms with Gasteiger partial charge in [-0.3, -0.25) is 14.4 Å². The Balaban J connectivity index is 1.53. The number of hydrogen-bond donors (Lipinski definition) is 2. The molecule has 0 spiro atoms. The molecule has 4 rings (SSSR count). The summed E-state index contributed by atoms with van der Waals surface area (Å²) in [6.07, 6.45) is 3.98. The second kappa shape index (κ2) is 9.90. The molecule has 0 radical (unpaired) electrons. The Kier molecular flexibility index (Phi) is 6.95. The number of benzene rings is 1. The molecule has 2 amide bonds. The molecule has 0 aliphatic carbocycles. The van der Waals surface area contributed by atoms with Gasteiger partial charge in [-0.1, -0.05) is 23.7 Å². The highest BCUT2D eigenvalue weighted by atomic mass is 35.5. The molecule has 3 heterocycles. The number of halogens is 2. The van der Waals surface area contributed by atoms with Crippen LogP contribution in [0.4, 0.5) is 4.39 Å². The van der Waals surface area contributed by atoms with E-state index in [1.165, 1.54) is 24.0 Å². The molecule has 3 aromatic rings. The quantitative estimate of drug-likeness (QED) is 0.500. The van der Waals surface area contributed by atoms with Crippen LogP contribution in [0.25, 0.3) is 11.0 Å². The number of fused-ring (bicyclic) bond motifs is 1. The maximum absolute atomic E-state index is 14.2. The molecule has 0 bridgehead atoms. The molecule has 34 heavy (non-hydrogen) atoms. The van der Waals surface area contributed by atoms with Crippen molar-refractivity contribution in [3.63, 3.8) is 0 Å². The first-order chi connectivity index (χ1) is 16.3. The van der Waals surface area contributed by atoms with Crippen molar-refractivity contribution in [2.75, 3.05) is 6.61 Å². The summed E-state index contributed by atoms with van der Waals surface area (Å²) < 4.78 is 15.7. The number of carbonyl (C=O) groups excluding carboxylic acids is 3. The van der Waals surface area contributed by atoms with E-state index in [1.54, 1.807) is 35.2 Å². The average Bonchev–Trinajstić information content (AvgIpc) is 3.42. The van der Waals surface area contributed by atoms with Gasteiger partial charge in [0.15, 0.2) is 5.78 Å². The molecule has 2 unspecified atom stereocenters. The Bertz CT molecular complexity index is 1260. The fraction of sp³-hybridized carbons (Fsp3) is 0.333. The van der Waals surface area contributed by atoms with Crippen LogP contribution >= 0.6 is 11.6 Å². The van der Waals surface area contributed by atoms with Crippen molar-refractivity contribution in [1.29, 1.82) is 0 Å². The van der Waals surface area contributed by atoms with E-state index in [-0.39, 0.29) is 42.0 Å². The van der Waals surface area contributed by atoms with Gasteiger partial charge in [-0.25, -0.2) is 9.37 Å². The molecule has 2 N–H and O–H groups in total. The van der Waals surface area contributed by atoms with Gasteiger partial charge in [-0.15, -0.1) is 0 Å². The van der Waals surface area contributed by atoms with Crippen LogP contribution in [0.2, 0.25) is 5.02 Å². The lowest BCUT2D eigenvalue weighted by Crippen LogP contribution is -2.50. The van der Waals surface area contributed by atoms with Crippen molar-refractivity contribution in [2.24, 2.45) is 0 Å². The second-order valence-corrected chi connectivity index (χ2v) is 8.67. The lowest BCUT2D eigenvalue weighted by Gasteiger charge is -2.29. The number of likely N-dealkylation sites (tertiary alicyclic amines) is 1. The molecule has 1 aromatic carbocycles. The summed E-state index contributed by atoms with van der Waals surface area (Å²) in [6.45, 7) is 0.923. The molecule has 1 aliphatic heterocycles. The standard InChI is InChI=1S/C24H24ClFN4O4/c1-14(32)18-11-29(23-17(18)5-3-9-27-23)12-21(33)30-16(13-31)7-8-20(30)24(34)28-10-15-4-2-6-19(25)22(15)26/h2-6,9,11,16,20,31H,7-8,10,12-13H2,1H3,(H,28,34). The minimum atomic E-state index is -0.811. The minimum absolute atomic E-state index is 0.0396. The van der Waals surface area contributed by atoms with Crippen LogP contribution < -0.4 is 5.32 Å². The fourth-order valence-corrected chi connectivity index (χ4v) is 4.63. The van der Waals surface area contributed by atoms with Crippen molar-refractivity contribution in [3.05, 3.63) is 64.7 Å². The van der Waals surface area contributed by atoms with Crippen LogP contribution in [-0.2, 0) is 22.7 Å². The van der Waals surface area contributed by atoms with Crippen molar-refractivity contribution >= 4 is 40.2 Å². The van der Waals surface area contributed by atoms with Gasteiger partial charge in [-0.05, 0) is 38.0 Å². The number of nitrogens with one attached hydrogen (secondary N) is 1. The number of aromatic nitrogens is 2. The van der Waals surface area contributed by atoms with Crippen LogP contribution in [0.15, 0.2) is 42.7 Å². The first-order valence-electron chi connectivity index (χ1n) is 10.9. The topological polar surface area (TPSA) is 105 Å². The Labute approximate surface area is 200 Å². The average molecular weight is 487 g/mol. The molecule has 0 saturated carbocycles. The van der Waals surface area contributed by atoms with E-state index in [4.69, 9.17) is 11.6 Å². The molecular formula is C24H24ClFN4O4. The normalized spacial score (nSPS) is 17.8.